The zero-order valence-electron chi connectivity index (χ0n) is 8.86. The topological polar surface area (TPSA) is 63.4 Å². The first-order chi connectivity index (χ1) is 6.24. The number of hydrogen-bond donors (Lipinski definition) is 1. The van der Waals surface area contributed by atoms with E-state index in [9.17, 15) is 8.42 Å². The van der Waals surface area contributed by atoms with E-state index in [1.54, 1.807) is 0 Å². The Morgan fingerprint density at radius 3 is 2.43 bits per heavy atom. The molecule has 0 aliphatic rings. The van der Waals surface area contributed by atoms with Gasteiger partial charge >= 0.3 is 0 Å². The number of thiocarbonyl (C=S) groups is 1. The number of nitrogens with two attached hydrogens (primary N) is 1. The van der Waals surface area contributed by atoms with Gasteiger partial charge in [-0.2, -0.15) is 0 Å². The molecule has 84 valence electrons. The quantitative estimate of drug-likeness (QED) is 0.661. The molecule has 0 aliphatic heterocycles. The molecule has 0 amide bonds. The summed E-state index contributed by atoms with van der Waals surface area (Å²) in [6.07, 6.45) is 1.85. The highest BCUT2D eigenvalue weighted by atomic mass is 32.2. The molecule has 4 nitrogen and oxygen atoms in total. The minimum Gasteiger partial charge on any atom is -0.392 e. The summed E-state index contributed by atoms with van der Waals surface area (Å²) < 4.78 is 21.7. The fraction of sp³-hybridized carbons (Fsp3) is 0.875. The lowest BCUT2D eigenvalue weighted by atomic mass is 10.3. The number of likely N-dealkylation sites (N-methyl/N-ethyl adjacent to an activating group) is 1. The van der Waals surface area contributed by atoms with Crippen molar-refractivity contribution >= 4 is 27.0 Å². The fourth-order valence-electron chi connectivity index (χ4n) is 0.987. The Morgan fingerprint density at radius 1 is 1.57 bits per heavy atom. The summed E-state index contributed by atoms with van der Waals surface area (Å²) in [5, 5.41) is 0. The highest BCUT2D eigenvalue weighted by Gasteiger charge is 2.11. The highest BCUT2D eigenvalue weighted by Crippen LogP contribution is 1.98. The van der Waals surface area contributed by atoms with Crippen molar-refractivity contribution in [3.05, 3.63) is 0 Å². The van der Waals surface area contributed by atoms with Gasteiger partial charge in [0.05, 0.1) is 16.8 Å². The van der Waals surface area contributed by atoms with Gasteiger partial charge in [-0.3, -0.25) is 4.90 Å². The molecular formula is C8H18N2O2S2. The third-order valence-corrected chi connectivity index (χ3v) is 3.47. The number of nitrogens with zero attached hydrogens (tertiary/aromatic N) is 1. The van der Waals surface area contributed by atoms with Crippen molar-refractivity contribution in [2.45, 2.75) is 19.4 Å². The van der Waals surface area contributed by atoms with Crippen LogP contribution in [0.1, 0.15) is 13.3 Å². The van der Waals surface area contributed by atoms with E-state index in [0.29, 0.717) is 18.0 Å². The van der Waals surface area contributed by atoms with E-state index < -0.39 is 9.84 Å². The average Bonchev–Trinajstić information content (AvgIpc) is 2.00. The summed E-state index contributed by atoms with van der Waals surface area (Å²) in [5.41, 5.74) is 5.47. The van der Waals surface area contributed by atoms with Crippen molar-refractivity contribution in [1.29, 1.82) is 0 Å². The van der Waals surface area contributed by atoms with Crippen molar-refractivity contribution in [3.63, 3.8) is 0 Å². The van der Waals surface area contributed by atoms with E-state index in [4.69, 9.17) is 18.0 Å². The van der Waals surface area contributed by atoms with E-state index in [1.807, 2.05) is 18.9 Å². The fourth-order valence-corrected chi connectivity index (χ4v) is 1.82. The second-order valence-electron chi connectivity index (χ2n) is 3.54. The van der Waals surface area contributed by atoms with Crippen LogP contribution < -0.4 is 5.73 Å². The molecule has 0 aromatic carbocycles. The molecule has 0 heterocycles. The molecule has 1 atom stereocenters. The maximum Gasteiger partial charge on any atom is 0.147 e. The lowest BCUT2D eigenvalue weighted by Crippen LogP contribution is -2.39. The van der Waals surface area contributed by atoms with Gasteiger partial charge in [0, 0.05) is 6.26 Å². The van der Waals surface area contributed by atoms with Crippen molar-refractivity contribution in [2.75, 3.05) is 25.6 Å². The van der Waals surface area contributed by atoms with Crippen LogP contribution in [0.25, 0.3) is 0 Å². The molecule has 0 aromatic heterocycles. The standard InChI is InChI=1S/C8H18N2O2S2/c1-7(8(9)13)10(2)5-4-6-14(3,11)12/h7H,4-6H2,1-3H3,(H2,9,13). The van der Waals surface area contributed by atoms with E-state index in [2.05, 4.69) is 0 Å². The van der Waals surface area contributed by atoms with Crippen LogP contribution in [-0.4, -0.2) is 49.9 Å². The van der Waals surface area contributed by atoms with E-state index in [0.717, 1.165) is 0 Å². The maximum atomic E-state index is 10.8. The molecule has 0 rings (SSSR count). The van der Waals surface area contributed by atoms with Crippen molar-refractivity contribution in [2.24, 2.45) is 5.73 Å². The van der Waals surface area contributed by atoms with Crippen LogP contribution in [0.5, 0.6) is 0 Å². The van der Waals surface area contributed by atoms with Crippen molar-refractivity contribution in [3.8, 4) is 0 Å². The second kappa shape index (κ2) is 5.63. The first-order valence-corrected chi connectivity index (χ1v) is 6.88. The van der Waals surface area contributed by atoms with Gasteiger partial charge in [0.2, 0.25) is 0 Å². The van der Waals surface area contributed by atoms with Crippen LogP contribution >= 0.6 is 12.2 Å². The van der Waals surface area contributed by atoms with Gasteiger partial charge in [0.1, 0.15) is 9.84 Å². The minimum absolute atomic E-state index is 0.0181. The molecule has 0 bridgehead atoms. The molecule has 0 spiro atoms. The van der Waals surface area contributed by atoms with Gasteiger partial charge in [-0.05, 0) is 26.9 Å². The summed E-state index contributed by atoms with van der Waals surface area (Å²) in [7, 11) is -0.975. The minimum atomic E-state index is -2.86. The van der Waals surface area contributed by atoms with Gasteiger partial charge in [0.25, 0.3) is 0 Å². The van der Waals surface area contributed by atoms with Crippen molar-refractivity contribution in [1.82, 2.24) is 4.90 Å². The molecular weight excluding hydrogens is 220 g/mol. The molecule has 14 heavy (non-hydrogen) atoms. The maximum absolute atomic E-state index is 10.8. The van der Waals surface area contributed by atoms with E-state index in [1.165, 1.54) is 6.26 Å². The van der Waals surface area contributed by atoms with Crippen molar-refractivity contribution < 1.29 is 8.42 Å². The zero-order chi connectivity index (χ0) is 11.4. The monoisotopic (exact) mass is 238 g/mol. The SMILES string of the molecule is CC(C(N)=S)N(C)CCCS(C)(=O)=O. The van der Waals surface area contributed by atoms with Gasteiger partial charge in [-0.25, -0.2) is 8.42 Å². The Bertz CT molecular complexity index is 288. The first kappa shape index (κ1) is 13.8. The summed E-state index contributed by atoms with van der Waals surface area (Å²) in [5.74, 6) is 0.210. The second-order valence-corrected chi connectivity index (χ2v) is 6.27. The van der Waals surface area contributed by atoms with Gasteiger partial charge in [0.15, 0.2) is 0 Å². The molecule has 0 saturated carbocycles. The Morgan fingerprint density at radius 2 is 2.07 bits per heavy atom. The van der Waals surface area contributed by atoms with E-state index in [-0.39, 0.29) is 11.8 Å². The van der Waals surface area contributed by atoms with Gasteiger partial charge in [-0.15, -0.1) is 0 Å². The summed E-state index contributed by atoms with van der Waals surface area (Å²) in [4.78, 5) is 2.39. The van der Waals surface area contributed by atoms with Gasteiger partial charge in [-0.1, -0.05) is 12.2 Å². The predicted molar refractivity (Wildman–Crippen MR) is 63.2 cm³/mol. The Labute approximate surface area is 91.4 Å². The zero-order valence-corrected chi connectivity index (χ0v) is 10.5. The number of rotatable bonds is 6. The van der Waals surface area contributed by atoms with Crippen LogP contribution in [0.2, 0.25) is 0 Å². The third-order valence-electron chi connectivity index (χ3n) is 2.10. The summed E-state index contributed by atoms with van der Waals surface area (Å²) >= 11 is 4.84. The van der Waals surface area contributed by atoms with Crippen LogP contribution in [0.15, 0.2) is 0 Å². The molecule has 0 aromatic rings. The normalized spacial score (nSPS) is 14.3. The van der Waals surface area contributed by atoms with Crippen LogP contribution in [0.4, 0.5) is 0 Å². The van der Waals surface area contributed by atoms with Crippen LogP contribution in [0, 0.1) is 0 Å². The smallest absolute Gasteiger partial charge is 0.147 e. The Hall–Kier alpha value is -0.200. The van der Waals surface area contributed by atoms with Crippen LogP contribution in [0.3, 0.4) is 0 Å². The predicted octanol–water partition coefficient (Wildman–Crippen LogP) is 0.0275. The summed E-state index contributed by atoms with van der Waals surface area (Å²) in [6, 6.07) is 0.0181. The van der Waals surface area contributed by atoms with Gasteiger partial charge < -0.3 is 5.73 Å². The third kappa shape index (κ3) is 6.28. The molecule has 0 aliphatic carbocycles. The molecule has 2 N–H and O–H groups in total. The van der Waals surface area contributed by atoms with E-state index >= 15 is 0 Å². The Kier molecular flexibility index (Phi) is 5.54. The Balaban J connectivity index is 3.86. The molecule has 0 radical (unpaired) electrons. The lowest BCUT2D eigenvalue weighted by molar-refractivity contribution is 0.313. The molecule has 0 saturated heterocycles. The number of hydrogen-bond acceptors (Lipinski definition) is 4. The first-order valence-electron chi connectivity index (χ1n) is 4.41. The van der Waals surface area contributed by atoms with Crippen LogP contribution in [-0.2, 0) is 9.84 Å². The molecule has 0 fully saturated rings. The lowest BCUT2D eigenvalue weighted by Gasteiger charge is -2.23. The largest absolute Gasteiger partial charge is 0.392 e. The molecule has 6 heteroatoms. The average molecular weight is 238 g/mol. The highest BCUT2D eigenvalue weighted by molar-refractivity contribution is 7.90. The summed E-state index contributed by atoms with van der Waals surface area (Å²) in [6.45, 7) is 2.59. The number of sulfone groups is 1. The molecule has 1 unspecified atom stereocenters.